The standard InChI is InChI=1S/C31H27F7N4O4S/c32-20-9-12-22(13-10-20)47(45,46)42-21(11-7-18-16-19(8-14-25(18)42)29(44,30(33,34)35)31(36,37)38)17-27(43)41-15-3-6-26(41)28-39-23-4-1-2-5-24(23)40-28/h1-2,4-5,8-10,12-14,16,21,26,44H,3,6-7,11,15,17H2,(H,39,40)/t21-,26-/m0/s1. The Morgan fingerprint density at radius 2 is 1.64 bits per heavy atom. The van der Waals surface area contributed by atoms with Gasteiger partial charge in [0.2, 0.25) is 5.91 Å². The third-order valence-electron chi connectivity index (χ3n) is 8.71. The Bertz CT molecular complexity index is 1880. The number of imidazole rings is 1. The maximum absolute atomic E-state index is 14.0. The van der Waals surface area contributed by atoms with Gasteiger partial charge < -0.3 is 15.0 Å². The minimum atomic E-state index is -6.14. The molecule has 1 fully saturated rings. The topological polar surface area (TPSA) is 107 Å². The predicted octanol–water partition coefficient (Wildman–Crippen LogP) is 6.28. The van der Waals surface area contributed by atoms with Gasteiger partial charge in [0.15, 0.2) is 0 Å². The van der Waals surface area contributed by atoms with Crippen LogP contribution in [0, 0.1) is 5.82 Å². The molecule has 47 heavy (non-hydrogen) atoms. The molecule has 2 aliphatic rings. The number of para-hydroxylation sites is 2. The molecule has 0 unspecified atom stereocenters. The van der Waals surface area contributed by atoms with Gasteiger partial charge in [-0.15, -0.1) is 0 Å². The Morgan fingerprint density at radius 1 is 0.957 bits per heavy atom. The minimum absolute atomic E-state index is 0.151. The number of amides is 1. The number of aromatic amines is 1. The summed E-state index contributed by atoms with van der Waals surface area (Å²) in [5.41, 5.74) is -5.76. The summed E-state index contributed by atoms with van der Waals surface area (Å²) in [6.45, 7) is 0.353. The van der Waals surface area contributed by atoms with E-state index >= 15 is 0 Å². The Morgan fingerprint density at radius 3 is 2.30 bits per heavy atom. The molecule has 0 spiro atoms. The number of hydrogen-bond donors (Lipinski definition) is 2. The maximum atomic E-state index is 14.0. The highest BCUT2D eigenvalue weighted by Crippen LogP contribution is 2.51. The first-order chi connectivity index (χ1) is 22.0. The van der Waals surface area contributed by atoms with Gasteiger partial charge in [0, 0.05) is 18.5 Å². The lowest BCUT2D eigenvalue weighted by atomic mass is 9.87. The molecule has 2 N–H and O–H groups in total. The molecule has 1 aromatic heterocycles. The lowest BCUT2D eigenvalue weighted by Crippen LogP contribution is -2.54. The summed E-state index contributed by atoms with van der Waals surface area (Å²) in [6.07, 6.45) is -11.8. The molecule has 1 saturated heterocycles. The number of aromatic nitrogens is 2. The fourth-order valence-corrected chi connectivity index (χ4v) is 8.10. The number of H-pyrrole nitrogens is 1. The summed E-state index contributed by atoms with van der Waals surface area (Å²) >= 11 is 0. The molecule has 2 atom stereocenters. The third kappa shape index (κ3) is 5.60. The fourth-order valence-electron chi connectivity index (χ4n) is 6.38. The van der Waals surface area contributed by atoms with E-state index in [-0.39, 0.29) is 30.5 Å². The van der Waals surface area contributed by atoms with E-state index in [0.29, 0.717) is 42.9 Å². The molecule has 0 radical (unpaired) electrons. The van der Waals surface area contributed by atoms with Crippen molar-refractivity contribution in [2.45, 2.75) is 67.0 Å². The molecule has 250 valence electrons. The quantitative estimate of drug-likeness (QED) is 0.233. The number of benzene rings is 3. The maximum Gasteiger partial charge on any atom is 0.430 e. The van der Waals surface area contributed by atoms with Gasteiger partial charge in [-0.2, -0.15) is 26.3 Å². The second-order valence-corrected chi connectivity index (χ2v) is 13.4. The van der Waals surface area contributed by atoms with Gasteiger partial charge in [-0.3, -0.25) is 9.10 Å². The van der Waals surface area contributed by atoms with Gasteiger partial charge in [-0.25, -0.2) is 17.8 Å². The zero-order valence-corrected chi connectivity index (χ0v) is 25.1. The van der Waals surface area contributed by atoms with Crippen LogP contribution in [0.3, 0.4) is 0 Å². The van der Waals surface area contributed by atoms with Crippen LogP contribution in [0.4, 0.5) is 36.4 Å². The van der Waals surface area contributed by atoms with E-state index in [0.717, 1.165) is 40.2 Å². The van der Waals surface area contributed by atoms with Crippen molar-refractivity contribution in [3.05, 3.63) is 89.5 Å². The van der Waals surface area contributed by atoms with E-state index in [2.05, 4.69) is 9.97 Å². The number of carbonyl (C=O) groups is 1. The highest BCUT2D eigenvalue weighted by molar-refractivity contribution is 7.92. The van der Waals surface area contributed by atoms with Crippen LogP contribution in [-0.2, 0) is 26.8 Å². The Kier molecular flexibility index (Phi) is 8.02. The van der Waals surface area contributed by atoms with Gasteiger partial charge >= 0.3 is 12.4 Å². The SMILES string of the molecule is O=C(C[C@@H]1CCc2cc(C(O)(C(F)(F)F)C(F)(F)F)ccc2N1S(=O)(=O)c1ccc(F)cc1)N1CCC[C@H]1c1nc2ccccc2[nH]1. The molecule has 0 aliphatic carbocycles. The highest BCUT2D eigenvalue weighted by Gasteiger charge is 2.71. The number of nitrogens with one attached hydrogen (secondary N) is 1. The number of halogens is 7. The van der Waals surface area contributed by atoms with Crippen LogP contribution in [0.1, 0.15) is 48.7 Å². The molecular formula is C31H27F7N4O4S. The molecule has 1 amide bonds. The molecule has 16 heteroatoms. The molecule has 4 aromatic rings. The van der Waals surface area contributed by atoms with Crippen molar-refractivity contribution in [1.82, 2.24) is 14.9 Å². The first-order valence-corrected chi connectivity index (χ1v) is 16.0. The number of anilines is 1. The van der Waals surface area contributed by atoms with Crippen molar-refractivity contribution in [1.29, 1.82) is 0 Å². The smallest absolute Gasteiger partial charge is 0.369 e. The second-order valence-electron chi connectivity index (χ2n) is 11.6. The average Bonchev–Trinajstić information content (AvgIpc) is 3.67. The van der Waals surface area contributed by atoms with Gasteiger partial charge in [-0.1, -0.05) is 24.3 Å². The number of aryl methyl sites for hydroxylation is 1. The number of likely N-dealkylation sites (tertiary alicyclic amines) is 1. The van der Waals surface area contributed by atoms with E-state index in [4.69, 9.17) is 0 Å². The van der Waals surface area contributed by atoms with Crippen molar-refractivity contribution >= 4 is 32.7 Å². The number of alkyl halides is 6. The minimum Gasteiger partial charge on any atom is -0.369 e. The van der Waals surface area contributed by atoms with Crippen LogP contribution < -0.4 is 4.31 Å². The van der Waals surface area contributed by atoms with Crippen LogP contribution in [-0.4, -0.2) is 59.2 Å². The van der Waals surface area contributed by atoms with Crippen LogP contribution in [0.2, 0.25) is 0 Å². The molecule has 3 heterocycles. The monoisotopic (exact) mass is 684 g/mol. The number of rotatable bonds is 6. The summed E-state index contributed by atoms with van der Waals surface area (Å²) in [4.78, 5) is 22.8. The van der Waals surface area contributed by atoms with E-state index in [1.165, 1.54) is 0 Å². The lowest BCUT2D eigenvalue weighted by Gasteiger charge is -2.39. The number of carbonyl (C=O) groups excluding carboxylic acids is 1. The molecule has 2 aliphatic heterocycles. The van der Waals surface area contributed by atoms with Crippen LogP contribution in [0.5, 0.6) is 0 Å². The Labute approximate surface area is 263 Å². The molecular weight excluding hydrogens is 657 g/mol. The molecule has 6 rings (SSSR count). The van der Waals surface area contributed by atoms with Crippen molar-refractivity contribution < 1.29 is 49.1 Å². The predicted molar refractivity (Wildman–Crippen MR) is 155 cm³/mol. The highest BCUT2D eigenvalue weighted by atomic mass is 32.2. The lowest BCUT2D eigenvalue weighted by molar-refractivity contribution is -0.376. The number of hydrogen-bond acceptors (Lipinski definition) is 5. The second kappa shape index (κ2) is 11.5. The molecule has 0 saturated carbocycles. The summed E-state index contributed by atoms with van der Waals surface area (Å²) < 4.78 is 124. The zero-order valence-electron chi connectivity index (χ0n) is 24.3. The molecule has 8 nitrogen and oxygen atoms in total. The Hall–Kier alpha value is -4.18. The average molecular weight is 685 g/mol. The Balaban J connectivity index is 1.37. The summed E-state index contributed by atoms with van der Waals surface area (Å²) in [7, 11) is -4.63. The zero-order chi connectivity index (χ0) is 33.9. The van der Waals surface area contributed by atoms with Gasteiger partial charge in [-0.05, 0) is 73.7 Å². The molecule has 0 bridgehead atoms. The number of fused-ring (bicyclic) bond motifs is 2. The van der Waals surface area contributed by atoms with Crippen molar-refractivity contribution in [2.75, 3.05) is 10.8 Å². The van der Waals surface area contributed by atoms with Crippen molar-refractivity contribution in [3.63, 3.8) is 0 Å². The van der Waals surface area contributed by atoms with Crippen LogP contribution in [0.25, 0.3) is 11.0 Å². The first kappa shape index (κ1) is 32.7. The van der Waals surface area contributed by atoms with Crippen molar-refractivity contribution in [2.24, 2.45) is 0 Å². The summed E-state index contributed by atoms with van der Waals surface area (Å²) in [6, 6.07) is 11.1. The van der Waals surface area contributed by atoms with E-state index < -0.39 is 62.2 Å². The summed E-state index contributed by atoms with van der Waals surface area (Å²) in [5.74, 6) is -0.624. The normalized spacial score (nSPS) is 19.3. The van der Waals surface area contributed by atoms with E-state index in [9.17, 15) is 49.1 Å². The molecule has 3 aromatic carbocycles. The summed E-state index contributed by atoms with van der Waals surface area (Å²) in [5, 5.41) is 9.97. The largest absolute Gasteiger partial charge is 0.430 e. The fraction of sp³-hybridized carbons (Fsp3) is 0.355. The van der Waals surface area contributed by atoms with Gasteiger partial charge in [0.25, 0.3) is 15.6 Å². The number of aliphatic hydroxyl groups is 1. The van der Waals surface area contributed by atoms with Crippen LogP contribution >= 0.6 is 0 Å². The number of nitrogens with zero attached hydrogens (tertiary/aromatic N) is 3. The van der Waals surface area contributed by atoms with Crippen molar-refractivity contribution in [3.8, 4) is 0 Å². The van der Waals surface area contributed by atoms with E-state index in [1.807, 2.05) is 24.3 Å². The first-order valence-electron chi connectivity index (χ1n) is 14.6. The third-order valence-corrected chi connectivity index (χ3v) is 10.6. The van der Waals surface area contributed by atoms with Gasteiger partial charge in [0.05, 0.1) is 33.7 Å². The van der Waals surface area contributed by atoms with Crippen LogP contribution in [0.15, 0.2) is 71.6 Å². The number of sulfonamides is 1. The van der Waals surface area contributed by atoms with E-state index in [1.54, 1.807) is 4.90 Å². The van der Waals surface area contributed by atoms with Gasteiger partial charge in [0.1, 0.15) is 11.6 Å².